The van der Waals surface area contributed by atoms with Crippen LogP contribution in [-0.4, -0.2) is 37.0 Å². The summed E-state index contributed by atoms with van der Waals surface area (Å²) < 4.78 is 6.79. The van der Waals surface area contributed by atoms with Crippen LogP contribution in [0, 0.1) is 19.8 Å². The van der Waals surface area contributed by atoms with E-state index < -0.39 is 0 Å². The van der Waals surface area contributed by atoms with Crippen LogP contribution in [0.5, 0.6) is 5.75 Å². The van der Waals surface area contributed by atoms with E-state index in [4.69, 9.17) is 4.74 Å². The molecule has 0 aliphatic carbocycles. The Hall–Kier alpha value is -1.85. The summed E-state index contributed by atoms with van der Waals surface area (Å²) in [6.45, 7) is 7.98. The molecule has 2 aromatic carbocycles. The van der Waals surface area contributed by atoms with Crippen molar-refractivity contribution >= 4 is 21.8 Å². The number of aryl methyl sites for hydroxylation is 2. The van der Waals surface area contributed by atoms with Crippen LogP contribution in [0.15, 0.2) is 46.9 Å². The van der Waals surface area contributed by atoms with Gasteiger partial charge in [0.05, 0.1) is 0 Å². The topological polar surface area (TPSA) is 41.6 Å². The molecule has 1 aliphatic rings. The van der Waals surface area contributed by atoms with Gasteiger partial charge in [0.25, 0.3) is 5.91 Å². The van der Waals surface area contributed by atoms with Crippen LogP contribution in [0.25, 0.3) is 0 Å². The van der Waals surface area contributed by atoms with E-state index in [2.05, 4.69) is 56.5 Å². The van der Waals surface area contributed by atoms with Gasteiger partial charge < -0.3 is 10.1 Å². The smallest absolute Gasteiger partial charge is 0.257 e. The zero-order chi connectivity index (χ0) is 19.9. The van der Waals surface area contributed by atoms with Crippen LogP contribution in [-0.2, 0) is 11.3 Å². The number of carbonyl (C=O) groups is 1. The van der Waals surface area contributed by atoms with E-state index >= 15 is 0 Å². The lowest BCUT2D eigenvalue weighted by molar-refractivity contribution is -0.123. The second-order valence-corrected chi connectivity index (χ2v) is 8.58. The highest BCUT2D eigenvalue weighted by atomic mass is 79.9. The summed E-state index contributed by atoms with van der Waals surface area (Å²) in [5, 5.41) is 3.05. The summed E-state index contributed by atoms with van der Waals surface area (Å²) in [7, 11) is 0. The van der Waals surface area contributed by atoms with Gasteiger partial charge in [-0.2, -0.15) is 0 Å². The monoisotopic (exact) mass is 444 g/mol. The molecule has 1 N–H and O–H groups in total. The molecule has 0 radical (unpaired) electrons. The summed E-state index contributed by atoms with van der Waals surface area (Å²) in [5.74, 6) is 1.30. The predicted molar refractivity (Wildman–Crippen MR) is 117 cm³/mol. The van der Waals surface area contributed by atoms with Crippen molar-refractivity contribution in [2.75, 3.05) is 26.2 Å². The number of ether oxygens (including phenoxy) is 1. The van der Waals surface area contributed by atoms with Crippen LogP contribution in [0.2, 0.25) is 0 Å². The number of carbonyl (C=O) groups excluding carboxylic acids is 1. The first kappa shape index (κ1) is 20.9. The number of nitrogens with one attached hydrogen (secondary N) is 1. The van der Waals surface area contributed by atoms with Crippen molar-refractivity contribution in [3.63, 3.8) is 0 Å². The van der Waals surface area contributed by atoms with Crippen molar-refractivity contribution in [2.45, 2.75) is 33.2 Å². The van der Waals surface area contributed by atoms with Gasteiger partial charge in [-0.25, -0.2) is 0 Å². The normalized spacial score (nSPS) is 15.4. The van der Waals surface area contributed by atoms with Crippen molar-refractivity contribution in [2.24, 2.45) is 5.92 Å². The molecular formula is C23H29BrN2O2. The van der Waals surface area contributed by atoms with Gasteiger partial charge in [-0.05, 0) is 74.5 Å². The molecule has 0 bridgehead atoms. The van der Waals surface area contributed by atoms with Crippen molar-refractivity contribution in [3.05, 3.63) is 63.6 Å². The first-order valence-electron chi connectivity index (χ1n) is 9.94. The number of hydrogen-bond acceptors (Lipinski definition) is 3. The fourth-order valence-electron chi connectivity index (χ4n) is 3.76. The SMILES string of the molecule is Cc1cc(Br)cc(C)c1OCC(=O)NCC1CCN(Cc2ccccc2)CC1. The average Bonchev–Trinajstić information content (AvgIpc) is 2.67. The lowest BCUT2D eigenvalue weighted by Gasteiger charge is -2.32. The van der Waals surface area contributed by atoms with E-state index in [1.54, 1.807) is 0 Å². The van der Waals surface area contributed by atoms with E-state index in [0.717, 1.165) is 60.4 Å². The molecule has 2 aromatic rings. The Morgan fingerprint density at radius 1 is 1.14 bits per heavy atom. The highest BCUT2D eigenvalue weighted by Gasteiger charge is 2.20. The van der Waals surface area contributed by atoms with Gasteiger partial charge in [-0.1, -0.05) is 46.3 Å². The van der Waals surface area contributed by atoms with Crippen molar-refractivity contribution in [1.82, 2.24) is 10.2 Å². The maximum Gasteiger partial charge on any atom is 0.257 e. The number of piperidine rings is 1. The summed E-state index contributed by atoms with van der Waals surface area (Å²) in [6.07, 6.45) is 2.25. The minimum absolute atomic E-state index is 0.0477. The first-order valence-corrected chi connectivity index (χ1v) is 10.7. The number of benzene rings is 2. The second-order valence-electron chi connectivity index (χ2n) is 7.67. The fourth-order valence-corrected chi connectivity index (χ4v) is 4.45. The van der Waals surface area contributed by atoms with E-state index in [1.165, 1.54) is 5.56 Å². The maximum atomic E-state index is 12.2. The molecule has 1 amide bonds. The zero-order valence-electron chi connectivity index (χ0n) is 16.7. The first-order chi connectivity index (χ1) is 13.5. The van der Waals surface area contributed by atoms with Gasteiger partial charge in [0.1, 0.15) is 5.75 Å². The third-order valence-electron chi connectivity index (χ3n) is 5.32. The quantitative estimate of drug-likeness (QED) is 0.684. The molecular weight excluding hydrogens is 416 g/mol. The van der Waals surface area contributed by atoms with Gasteiger partial charge >= 0.3 is 0 Å². The molecule has 1 heterocycles. The van der Waals surface area contributed by atoms with Gasteiger partial charge in [0.2, 0.25) is 0 Å². The largest absolute Gasteiger partial charge is 0.483 e. The number of hydrogen-bond donors (Lipinski definition) is 1. The maximum absolute atomic E-state index is 12.2. The van der Waals surface area contributed by atoms with E-state index in [1.807, 2.05) is 26.0 Å². The average molecular weight is 445 g/mol. The van der Waals surface area contributed by atoms with Crippen LogP contribution >= 0.6 is 15.9 Å². The zero-order valence-corrected chi connectivity index (χ0v) is 18.3. The van der Waals surface area contributed by atoms with Crippen molar-refractivity contribution in [1.29, 1.82) is 0 Å². The van der Waals surface area contributed by atoms with E-state index in [9.17, 15) is 4.79 Å². The standard InChI is InChI=1S/C23H29BrN2O2/c1-17-12-21(24)13-18(2)23(17)28-16-22(27)25-14-19-8-10-26(11-9-19)15-20-6-4-3-5-7-20/h3-7,12-13,19H,8-11,14-16H2,1-2H3,(H,25,27). The number of halogens is 1. The van der Waals surface area contributed by atoms with Gasteiger partial charge in [0.15, 0.2) is 6.61 Å². The Kier molecular flexibility index (Phi) is 7.51. The van der Waals surface area contributed by atoms with E-state index in [-0.39, 0.29) is 12.5 Å². The molecule has 1 fully saturated rings. The van der Waals surface area contributed by atoms with Crippen LogP contribution in [0.1, 0.15) is 29.5 Å². The summed E-state index contributed by atoms with van der Waals surface area (Å²) in [5.41, 5.74) is 3.43. The molecule has 0 saturated carbocycles. The Morgan fingerprint density at radius 3 is 2.43 bits per heavy atom. The summed E-state index contributed by atoms with van der Waals surface area (Å²) >= 11 is 3.48. The molecule has 0 atom stereocenters. The van der Waals surface area contributed by atoms with Crippen molar-refractivity contribution < 1.29 is 9.53 Å². The Labute approximate surface area is 176 Å². The molecule has 150 valence electrons. The van der Waals surface area contributed by atoms with Crippen LogP contribution < -0.4 is 10.1 Å². The van der Waals surface area contributed by atoms with Crippen LogP contribution in [0.4, 0.5) is 0 Å². The molecule has 28 heavy (non-hydrogen) atoms. The Morgan fingerprint density at radius 2 is 1.79 bits per heavy atom. The third kappa shape index (κ3) is 6.08. The van der Waals surface area contributed by atoms with Crippen LogP contribution in [0.3, 0.4) is 0 Å². The molecule has 1 saturated heterocycles. The molecule has 4 nitrogen and oxygen atoms in total. The minimum atomic E-state index is -0.0477. The van der Waals surface area contributed by atoms with Gasteiger partial charge in [-0.15, -0.1) is 0 Å². The highest BCUT2D eigenvalue weighted by Crippen LogP contribution is 2.27. The highest BCUT2D eigenvalue weighted by molar-refractivity contribution is 9.10. The van der Waals surface area contributed by atoms with Gasteiger partial charge in [-0.3, -0.25) is 9.69 Å². The minimum Gasteiger partial charge on any atom is -0.483 e. The fraction of sp³-hybridized carbons (Fsp3) is 0.435. The Bertz CT molecular complexity index is 763. The van der Waals surface area contributed by atoms with Crippen molar-refractivity contribution in [3.8, 4) is 5.75 Å². The number of nitrogens with zero attached hydrogens (tertiary/aromatic N) is 1. The second kappa shape index (κ2) is 10.1. The molecule has 0 spiro atoms. The Balaban J connectivity index is 1.37. The van der Waals surface area contributed by atoms with Gasteiger partial charge in [0, 0.05) is 17.6 Å². The number of likely N-dealkylation sites (tertiary alicyclic amines) is 1. The molecule has 0 unspecified atom stereocenters. The lowest BCUT2D eigenvalue weighted by atomic mass is 9.96. The number of rotatable bonds is 7. The molecule has 1 aliphatic heterocycles. The molecule has 3 rings (SSSR count). The lowest BCUT2D eigenvalue weighted by Crippen LogP contribution is -2.39. The summed E-state index contributed by atoms with van der Waals surface area (Å²) in [6, 6.07) is 14.6. The van der Waals surface area contributed by atoms with E-state index in [0.29, 0.717) is 5.92 Å². The molecule has 5 heteroatoms. The number of amides is 1. The molecule has 0 aromatic heterocycles. The third-order valence-corrected chi connectivity index (χ3v) is 5.77. The predicted octanol–water partition coefficient (Wildman–Crippen LogP) is 4.47. The summed E-state index contributed by atoms with van der Waals surface area (Å²) in [4.78, 5) is 14.7.